The lowest BCUT2D eigenvalue weighted by molar-refractivity contribution is 0.101. The molecule has 3 aromatic carbocycles. The Hall–Kier alpha value is -4.04. The van der Waals surface area contributed by atoms with Crippen LogP contribution >= 0.6 is 11.3 Å². The summed E-state index contributed by atoms with van der Waals surface area (Å²) in [4.78, 5) is 25.3. The molecule has 0 spiro atoms. The third kappa shape index (κ3) is 5.61. The monoisotopic (exact) mass is 458 g/mol. The standard InChI is InChI=1S/C25H22N4O3S/c1-16-8-11-19(15-21(16)26-23(30)18-6-4-3-5-7-18)24(31)27-25-29-28-22(33-25)14-17-9-12-20(32-2)13-10-17/h3-13,15H,14H2,1-2H3,(H,26,30)(H,27,29,31). The van der Waals surface area contributed by atoms with E-state index in [0.29, 0.717) is 28.4 Å². The number of ether oxygens (including phenoxy) is 1. The number of methoxy groups -OCH3 is 1. The van der Waals surface area contributed by atoms with Gasteiger partial charge in [0, 0.05) is 23.2 Å². The predicted molar refractivity (Wildman–Crippen MR) is 129 cm³/mol. The lowest BCUT2D eigenvalue weighted by Gasteiger charge is -2.10. The lowest BCUT2D eigenvalue weighted by Crippen LogP contribution is -2.15. The van der Waals surface area contributed by atoms with Gasteiger partial charge < -0.3 is 10.1 Å². The molecule has 4 aromatic rings. The Morgan fingerprint density at radius 2 is 1.61 bits per heavy atom. The molecule has 166 valence electrons. The zero-order valence-electron chi connectivity index (χ0n) is 18.2. The summed E-state index contributed by atoms with van der Waals surface area (Å²) in [6, 6.07) is 21.8. The molecule has 0 atom stereocenters. The van der Waals surface area contributed by atoms with Crippen molar-refractivity contribution in [2.45, 2.75) is 13.3 Å². The van der Waals surface area contributed by atoms with Gasteiger partial charge in [0.2, 0.25) is 5.13 Å². The second kappa shape index (κ2) is 10.1. The SMILES string of the molecule is COc1ccc(Cc2nnc(NC(=O)c3ccc(C)c(NC(=O)c4ccccc4)c3)s2)cc1. The van der Waals surface area contributed by atoms with E-state index in [1.807, 2.05) is 37.3 Å². The van der Waals surface area contributed by atoms with Crippen LogP contribution in [0.3, 0.4) is 0 Å². The van der Waals surface area contributed by atoms with Crippen LogP contribution in [-0.4, -0.2) is 29.1 Å². The first-order valence-electron chi connectivity index (χ1n) is 10.3. The van der Waals surface area contributed by atoms with E-state index in [1.165, 1.54) is 11.3 Å². The molecule has 0 aliphatic heterocycles. The average molecular weight is 459 g/mol. The molecule has 0 aliphatic rings. The zero-order chi connectivity index (χ0) is 23.2. The number of carbonyl (C=O) groups is 2. The van der Waals surface area contributed by atoms with E-state index in [9.17, 15) is 9.59 Å². The van der Waals surface area contributed by atoms with Gasteiger partial charge in [0.05, 0.1) is 7.11 Å². The van der Waals surface area contributed by atoms with Crippen LogP contribution in [0.2, 0.25) is 0 Å². The summed E-state index contributed by atoms with van der Waals surface area (Å²) in [7, 11) is 1.63. The minimum Gasteiger partial charge on any atom is -0.497 e. The van der Waals surface area contributed by atoms with Gasteiger partial charge in [-0.1, -0.05) is 47.7 Å². The number of nitrogens with one attached hydrogen (secondary N) is 2. The Morgan fingerprint density at radius 3 is 2.33 bits per heavy atom. The van der Waals surface area contributed by atoms with Crippen molar-refractivity contribution in [3.8, 4) is 5.75 Å². The summed E-state index contributed by atoms with van der Waals surface area (Å²) < 4.78 is 5.17. The van der Waals surface area contributed by atoms with E-state index in [4.69, 9.17) is 4.74 Å². The van der Waals surface area contributed by atoms with Gasteiger partial charge in [-0.3, -0.25) is 14.9 Å². The fraction of sp³-hybridized carbons (Fsp3) is 0.120. The van der Waals surface area contributed by atoms with Crippen molar-refractivity contribution < 1.29 is 14.3 Å². The molecule has 0 saturated carbocycles. The highest BCUT2D eigenvalue weighted by Gasteiger charge is 2.14. The van der Waals surface area contributed by atoms with Crippen molar-refractivity contribution >= 4 is 34.0 Å². The van der Waals surface area contributed by atoms with Crippen LogP contribution in [0.4, 0.5) is 10.8 Å². The molecule has 7 nitrogen and oxygen atoms in total. The highest BCUT2D eigenvalue weighted by atomic mass is 32.1. The van der Waals surface area contributed by atoms with Crippen LogP contribution in [0.5, 0.6) is 5.75 Å². The number of rotatable bonds is 7. The zero-order valence-corrected chi connectivity index (χ0v) is 19.0. The number of hydrogen-bond acceptors (Lipinski definition) is 6. The Labute approximate surface area is 195 Å². The molecule has 0 fully saturated rings. The van der Waals surface area contributed by atoms with Crippen molar-refractivity contribution in [1.82, 2.24) is 10.2 Å². The highest BCUT2D eigenvalue weighted by molar-refractivity contribution is 7.15. The smallest absolute Gasteiger partial charge is 0.257 e. The summed E-state index contributed by atoms with van der Waals surface area (Å²) >= 11 is 1.32. The number of aromatic nitrogens is 2. The first kappa shape index (κ1) is 22.2. The predicted octanol–water partition coefficient (Wildman–Crippen LogP) is 4.95. The highest BCUT2D eigenvalue weighted by Crippen LogP contribution is 2.22. The summed E-state index contributed by atoms with van der Waals surface area (Å²) in [6.07, 6.45) is 0.609. The Kier molecular flexibility index (Phi) is 6.75. The number of amides is 2. The van der Waals surface area contributed by atoms with Crippen molar-refractivity contribution in [3.63, 3.8) is 0 Å². The summed E-state index contributed by atoms with van der Waals surface area (Å²) in [5.41, 5.74) is 3.46. The van der Waals surface area contributed by atoms with Crippen molar-refractivity contribution in [1.29, 1.82) is 0 Å². The van der Waals surface area contributed by atoms with Crippen LogP contribution in [0, 0.1) is 6.92 Å². The van der Waals surface area contributed by atoms with E-state index in [2.05, 4.69) is 20.8 Å². The third-order valence-corrected chi connectivity index (χ3v) is 5.82. The largest absolute Gasteiger partial charge is 0.497 e. The fourth-order valence-corrected chi connectivity index (χ4v) is 3.91. The van der Waals surface area contributed by atoms with Gasteiger partial charge in [-0.15, -0.1) is 10.2 Å². The molecule has 33 heavy (non-hydrogen) atoms. The van der Waals surface area contributed by atoms with Gasteiger partial charge in [0.1, 0.15) is 10.8 Å². The molecule has 2 N–H and O–H groups in total. The minimum atomic E-state index is -0.322. The van der Waals surface area contributed by atoms with Crippen LogP contribution in [-0.2, 0) is 6.42 Å². The Bertz CT molecular complexity index is 1270. The van der Waals surface area contributed by atoms with Crippen LogP contribution in [0.1, 0.15) is 36.9 Å². The number of nitrogens with zero attached hydrogens (tertiary/aromatic N) is 2. The molecular formula is C25H22N4O3S. The quantitative estimate of drug-likeness (QED) is 0.409. The molecule has 2 amide bonds. The second-order valence-electron chi connectivity index (χ2n) is 7.33. The fourth-order valence-electron chi connectivity index (χ4n) is 3.14. The number of benzene rings is 3. The van der Waals surface area contributed by atoms with Crippen molar-refractivity contribution in [2.75, 3.05) is 17.7 Å². The minimum absolute atomic E-state index is 0.233. The molecule has 1 aromatic heterocycles. The summed E-state index contributed by atoms with van der Waals surface area (Å²) in [6.45, 7) is 1.87. The normalized spacial score (nSPS) is 10.5. The first-order valence-corrected chi connectivity index (χ1v) is 11.1. The number of anilines is 2. The number of aryl methyl sites for hydroxylation is 1. The molecular weight excluding hydrogens is 436 g/mol. The van der Waals surface area contributed by atoms with Gasteiger partial charge in [-0.05, 0) is 54.4 Å². The van der Waals surface area contributed by atoms with E-state index in [0.717, 1.165) is 21.9 Å². The van der Waals surface area contributed by atoms with Crippen LogP contribution in [0.15, 0.2) is 72.8 Å². The number of hydrogen-bond donors (Lipinski definition) is 2. The van der Waals surface area contributed by atoms with Gasteiger partial charge in [-0.25, -0.2) is 0 Å². The molecule has 0 saturated heterocycles. The molecule has 8 heteroatoms. The van der Waals surface area contributed by atoms with Crippen LogP contribution in [0.25, 0.3) is 0 Å². The topological polar surface area (TPSA) is 93.2 Å². The van der Waals surface area contributed by atoms with E-state index in [-0.39, 0.29) is 11.8 Å². The molecule has 0 aliphatic carbocycles. The Morgan fingerprint density at radius 1 is 0.879 bits per heavy atom. The van der Waals surface area contributed by atoms with E-state index < -0.39 is 0 Å². The maximum Gasteiger partial charge on any atom is 0.257 e. The average Bonchev–Trinajstić information content (AvgIpc) is 3.28. The summed E-state index contributed by atoms with van der Waals surface area (Å²) in [5, 5.41) is 15.1. The third-order valence-electron chi connectivity index (χ3n) is 4.99. The van der Waals surface area contributed by atoms with Crippen molar-refractivity contribution in [3.05, 3.63) is 100 Å². The molecule has 0 unspecified atom stereocenters. The van der Waals surface area contributed by atoms with Crippen molar-refractivity contribution in [2.24, 2.45) is 0 Å². The maximum absolute atomic E-state index is 12.8. The van der Waals surface area contributed by atoms with Gasteiger partial charge in [-0.2, -0.15) is 0 Å². The van der Waals surface area contributed by atoms with Gasteiger partial charge in [0.25, 0.3) is 11.8 Å². The van der Waals surface area contributed by atoms with Crippen LogP contribution < -0.4 is 15.4 Å². The molecule has 4 rings (SSSR count). The maximum atomic E-state index is 12.8. The van der Waals surface area contributed by atoms with E-state index in [1.54, 1.807) is 49.6 Å². The van der Waals surface area contributed by atoms with E-state index >= 15 is 0 Å². The number of carbonyl (C=O) groups excluding carboxylic acids is 2. The summed E-state index contributed by atoms with van der Waals surface area (Å²) in [5.74, 6) is 0.238. The first-order chi connectivity index (χ1) is 16.0. The second-order valence-corrected chi connectivity index (χ2v) is 8.39. The molecule has 0 bridgehead atoms. The lowest BCUT2D eigenvalue weighted by atomic mass is 10.1. The Balaban J connectivity index is 1.42. The van der Waals surface area contributed by atoms with Gasteiger partial charge >= 0.3 is 0 Å². The molecule has 1 heterocycles. The van der Waals surface area contributed by atoms with Gasteiger partial charge in [0.15, 0.2) is 0 Å². The molecule has 0 radical (unpaired) electrons.